The van der Waals surface area contributed by atoms with Gasteiger partial charge in [-0.25, -0.2) is 9.97 Å². The first-order valence-corrected chi connectivity index (χ1v) is 13.0. The number of aliphatic hydroxyl groups excluding tert-OH is 1. The molecule has 0 saturated carbocycles. The van der Waals surface area contributed by atoms with Crippen LogP contribution in [0.1, 0.15) is 32.0 Å². The number of carbonyl (C=O) groups excluding carboxylic acids is 2. The molecule has 0 bridgehead atoms. The number of carbonyl (C=O) groups is 2. The Labute approximate surface area is 221 Å². The monoisotopic (exact) mass is 533 g/mol. The number of aryl methyl sites for hydroxylation is 2. The number of aromatic nitrogens is 2. The van der Waals surface area contributed by atoms with E-state index < -0.39 is 23.5 Å². The van der Waals surface area contributed by atoms with E-state index in [9.17, 15) is 14.7 Å². The number of thiazole rings is 2. The van der Waals surface area contributed by atoms with Crippen LogP contribution in [0.15, 0.2) is 66.5 Å². The zero-order valence-corrected chi connectivity index (χ0v) is 22.0. The van der Waals surface area contributed by atoms with Crippen LogP contribution >= 0.6 is 22.7 Å². The summed E-state index contributed by atoms with van der Waals surface area (Å²) in [4.78, 5) is 38.0. The van der Waals surface area contributed by atoms with Gasteiger partial charge in [0.2, 0.25) is 5.78 Å². The number of amides is 1. The van der Waals surface area contributed by atoms with Gasteiger partial charge in [0.25, 0.3) is 5.91 Å². The predicted octanol–water partition coefficient (Wildman–Crippen LogP) is 5.73. The second-order valence-corrected chi connectivity index (χ2v) is 10.5. The lowest BCUT2D eigenvalue weighted by Gasteiger charge is -2.24. The van der Waals surface area contributed by atoms with E-state index in [1.54, 1.807) is 56.5 Å². The summed E-state index contributed by atoms with van der Waals surface area (Å²) >= 11 is 2.51. The van der Waals surface area contributed by atoms with Crippen molar-refractivity contribution in [1.29, 1.82) is 0 Å². The van der Waals surface area contributed by atoms with E-state index in [1.165, 1.54) is 27.6 Å². The molecule has 1 unspecified atom stereocenters. The van der Waals surface area contributed by atoms with Gasteiger partial charge >= 0.3 is 0 Å². The Morgan fingerprint density at radius 3 is 2.51 bits per heavy atom. The van der Waals surface area contributed by atoms with Crippen LogP contribution in [0, 0.1) is 13.8 Å². The largest absolute Gasteiger partial charge is 0.503 e. The first-order chi connectivity index (χ1) is 17.8. The number of nitrogens with zero attached hydrogens (tertiary/aromatic N) is 3. The van der Waals surface area contributed by atoms with Crippen molar-refractivity contribution in [3.63, 3.8) is 0 Å². The van der Waals surface area contributed by atoms with Crippen LogP contribution in [0.5, 0.6) is 11.5 Å². The molecule has 1 amide bonds. The quantitative estimate of drug-likeness (QED) is 0.228. The van der Waals surface area contributed by atoms with Crippen molar-refractivity contribution in [3.8, 4) is 11.5 Å². The molecule has 8 nitrogen and oxygen atoms in total. The molecule has 0 spiro atoms. The molecule has 0 aliphatic carbocycles. The highest BCUT2D eigenvalue weighted by Crippen LogP contribution is 2.45. The van der Waals surface area contributed by atoms with Gasteiger partial charge < -0.3 is 14.6 Å². The maximum atomic E-state index is 13.8. The van der Waals surface area contributed by atoms with Crippen molar-refractivity contribution in [2.24, 2.45) is 0 Å². The zero-order valence-electron chi connectivity index (χ0n) is 20.3. The van der Waals surface area contributed by atoms with Gasteiger partial charge in [-0.05, 0) is 49.7 Å². The van der Waals surface area contributed by atoms with Crippen LogP contribution in [-0.4, -0.2) is 40.5 Å². The highest BCUT2D eigenvalue weighted by molar-refractivity contribution is 7.22. The highest BCUT2D eigenvalue weighted by Gasteiger charge is 2.46. The number of ketones is 1. The Balaban J connectivity index is 1.64. The molecule has 4 aromatic rings. The maximum absolute atomic E-state index is 13.8. The van der Waals surface area contributed by atoms with Gasteiger partial charge in [-0.2, -0.15) is 0 Å². The first kappa shape index (κ1) is 24.7. The van der Waals surface area contributed by atoms with E-state index in [0.717, 1.165) is 9.71 Å². The van der Waals surface area contributed by atoms with Gasteiger partial charge in [0, 0.05) is 0 Å². The van der Waals surface area contributed by atoms with Gasteiger partial charge in [0.15, 0.2) is 10.9 Å². The van der Waals surface area contributed by atoms with Crippen LogP contribution in [0.2, 0.25) is 0 Å². The summed E-state index contributed by atoms with van der Waals surface area (Å²) in [5.41, 5.74) is 1.85. The van der Waals surface area contributed by atoms with Gasteiger partial charge in [0.05, 0.1) is 44.5 Å². The molecule has 1 aliphatic heterocycles. The molecule has 3 heterocycles. The molecule has 0 saturated heterocycles. The number of aliphatic hydroxyl groups is 1. The van der Waals surface area contributed by atoms with E-state index in [-0.39, 0.29) is 5.57 Å². The topological polar surface area (TPSA) is 102 Å². The maximum Gasteiger partial charge on any atom is 0.296 e. The summed E-state index contributed by atoms with van der Waals surface area (Å²) in [5.74, 6) is -0.442. The molecule has 5 rings (SSSR count). The summed E-state index contributed by atoms with van der Waals surface area (Å²) in [7, 11) is 1.58. The molecule has 2 aromatic heterocycles. The molecular weight excluding hydrogens is 510 g/mol. The lowest BCUT2D eigenvalue weighted by molar-refractivity contribution is -0.117. The minimum absolute atomic E-state index is 0.00616. The number of ether oxygens (including phenoxy) is 2. The summed E-state index contributed by atoms with van der Waals surface area (Å²) in [6.07, 6.45) is 1.64. The average Bonchev–Trinajstić information content (AvgIpc) is 3.55. The Morgan fingerprint density at radius 1 is 1.14 bits per heavy atom. The number of fused-ring (bicyclic) bond motifs is 1. The molecule has 10 heteroatoms. The third kappa shape index (κ3) is 4.38. The van der Waals surface area contributed by atoms with Crippen LogP contribution in [0.3, 0.4) is 0 Å². The van der Waals surface area contributed by atoms with Crippen LogP contribution in [-0.2, 0) is 4.79 Å². The molecule has 1 aliphatic rings. The molecule has 2 aromatic carbocycles. The number of hydrogen-bond donors (Lipinski definition) is 1. The number of Topliss-reactive ketones (excluding diaryl/α,β-unsaturated/α-hetero) is 1. The van der Waals surface area contributed by atoms with Gasteiger partial charge in [-0.1, -0.05) is 36.1 Å². The first-order valence-electron chi connectivity index (χ1n) is 11.4. The smallest absolute Gasteiger partial charge is 0.296 e. The van der Waals surface area contributed by atoms with Gasteiger partial charge in [-0.15, -0.1) is 11.3 Å². The fourth-order valence-electron chi connectivity index (χ4n) is 4.24. The summed E-state index contributed by atoms with van der Waals surface area (Å²) < 4.78 is 11.7. The van der Waals surface area contributed by atoms with Gasteiger partial charge in [0.1, 0.15) is 18.1 Å². The molecule has 188 valence electrons. The van der Waals surface area contributed by atoms with E-state index in [4.69, 9.17) is 9.47 Å². The normalized spacial score (nSPS) is 15.5. The molecule has 0 radical (unpaired) electrons. The second-order valence-electron chi connectivity index (χ2n) is 8.32. The van der Waals surface area contributed by atoms with Crippen LogP contribution in [0.4, 0.5) is 5.13 Å². The number of benzene rings is 2. The molecule has 1 N–H and O–H groups in total. The van der Waals surface area contributed by atoms with Crippen molar-refractivity contribution in [2.75, 3.05) is 18.6 Å². The SMILES string of the molecule is C=CCOc1ccc(C2C(C(=O)c3sc(C)nc3C)=C(O)C(=O)N2c2nc3ccc(OC)cc3s2)cc1. The number of anilines is 1. The average molecular weight is 534 g/mol. The van der Waals surface area contributed by atoms with E-state index in [1.807, 2.05) is 13.0 Å². The number of methoxy groups -OCH3 is 1. The molecule has 0 fully saturated rings. The van der Waals surface area contributed by atoms with E-state index in [2.05, 4.69) is 16.5 Å². The van der Waals surface area contributed by atoms with Crippen molar-refractivity contribution in [2.45, 2.75) is 19.9 Å². The van der Waals surface area contributed by atoms with E-state index in [0.29, 0.717) is 44.9 Å². The lowest BCUT2D eigenvalue weighted by Crippen LogP contribution is -2.31. The van der Waals surface area contributed by atoms with Crippen molar-refractivity contribution >= 4 is 49.7 Å². The summed E-state index contributed by atoms with van der Waals surface area (Å²) in [6, 6.07) is 11.6. The highest BCUT2D eigenvalue weighted by atomic mass is 32.1. The van der Waals surface area contributed by atoms with Crippen molar-refractivity contribution in [1.82, 2.24) is 9.97 Å². The van der Waals surface area contributed by atoms with Crippen molar-refractivity contribution in [3.05, 3.63) is 87.6 Å². The Bertz CT molecular complexity index is 1570. The number of hydrogen-bond acceptors (Lipinski definition) is 9. The fraction of sp³-hybridized carbons (Fsp3) is 0.185. The van der Waals surface area contributed by atoms with Gasteiger partial charge in [-0.3, -0.25) is 14.5 Å². The van der Waals surface area contributed by atoms with E-state index >= 15 is 0 Å². The number of rotatable bonds is 8. The van der Waals surface area contributed by atoms with Crippen LogP contribution in [0.25, 0.3) is 10.2 Å². The lowest BCUT2D eigenvalue weighted by atomic mass is 9.95. The van der Waals surface area contributed by atoms with Crippen LogP contribution < -0.4 is 14.4 Å². The minimum atomic E-state index is -0.891. The standard InChI is InChI=1S/C27H23N3O5S2/c1-5-12-35-17-8-6-16(7-9-17)22-21(23(31)25-14(2)28-15(3)36-25)24(32)26(33)30(22)27-29-19-11-10-18(34-4)13-20(19)37-27/h5-11,13,22,32H,1,12H2,2-4H3. The third-order valence-corrected chi connectivity index (χ3v) is 8.01. The zero-order chi connectivity index (χ0) is 26.3. The molecular formula is C27H23N3O5S2. The molecule has 1 atom stereocenters. The Kier molecular flexibility index (Phi) is 6.53. The summed E-state index contributed by atoms with van der Waals surface area (Å²) in [5, 5.41) is 12.1. The summed E-state index contributed by atoms with van der Waals surface area (Å²) in [6.45, 7) is 7.55. The fourth-order valence-corrected chi connectivity index (χ4v) is 6.13. The second kappa shape index (κ2) is 9.79. The predicted molar refractivity (Wildman–Crippen MR) is 144 cm³/mol. The molecule has 37 heavy (non-hydrogen) atoms. The Hall–Kier alpha value is -4.02. The minimum Gasteiger partial charge on any atom is -0.503 e. The Morgan fingerprint density at radius 2 is 1.86 bits per heavy atom. The van der Waals surface area contributed by atoms with Crippen molar-refractivity contribution < 1.29 is 24.2 Å². The third-order valence-electron chi connectivity index (χ3n) is 5.92.